The van der Waals surface area contributed by atoms with Crippen LogP contribution in [0.15, 0.2) is 45.0 Å². The maximum absolute atomic E-state index is 11.6. The Bertz CT molecular complexity index is 563. The van der Waals surface area contributed by atoms with Gasteiger partial charge in [0.1, 0.15) is 0 Å². The van der Waals surface area contributed by atoms with E-state index in [1.165, 1.54) is 23.5 Å². The lowest BCUT2D eigenvalue weighted by atomic mass is 10.2. The van der Waals surface area contributed by atoms with E-state index in [0.29, 0.717) is 4.90 Å². The SMILES string of the molecule is CCc1ccc(Sc2cnc(N)[nH]c2=O)cc1. The molecule has 0 aliphatic rings. The summed E-state index contributed by atoms with van der Waals surface area (Å²) in [7, 11) is 0. The van der Waals surface area contributed by atoms with E-state index in [9.17, 15) is 4.79 Å². The number of aryl methyl sites for hydroxylation is 1. The van der Waals surface area contributed by atoms with Gasteiger partial charge in [0.05, 0.1) is 11.1 Å². The summed E-state index contributed by atoms with van der Waals surface area (Å²) in [6, 6.07) is 8.11. The first-order valence-electron chi connectivity index (χ1n) is 5.30. The molecule has 0 atom stereocenters. The van der Waals surface area contributed by atoms with E-state index in [1.807, 2.05) is 12.1 Å². The van der Waals surface area contributed by atoms with Crippen molar-refractivity contribution in [3.8, 4) is 0 Å². The first kappa shape index (κ1) is 11.7. The number of nitrogens with zero attached hydrogens (tertiary/aromatic N) is 1. The third-order valence-corrected chi connectivity index (χ3v) is 3.36. The Hall–Kier alpha value is -1.75. The van der Waals surface area contributed by atoms with Crippen LogP contribution >= 0.6 is 11.8 Å². The summed E-state index contributed by atoms with van der Waals surface area (Å²) in [5.74, 6) is 0.140. The average molecular weight is 247 g/mol. The minimum Gasteiger partial charge on any atom is -0.369 e. The number of aromatic amines is 1. The fourth-order valence-corrected chi connectivity index (χ4v) is 2.17. The maximum Gasteiger partial charge on any atom is 0.266 e. The molecule has 0 saturated carbocycles. The van der Waals surface area contributed by atoms with E-state index in [0.717, 1.165) is 11.3 Å². The van der Waals surface area contributed by atoms with Gasteiger partial charge in [-0.2, -0.15) is 0 Å². The number of aromatic nitrogens is 2. The van der Waals surface area contributed by atoms with Gasteiger partial charge in [0.15, 0.2) is 5.95 Å². The highest BCUT2D eigenvalue weighted by Crippen LogP contribution is 2.24. The highest BCUT2D eigenvalue weighted by Gasteiger charge is 2.03. The normalized spacial score (nSPS) is 10.4. The molecule has 2 rings (SSSR count). The van der Waals surface area contributed by atoms with Crippen molar-refractivity contribution < 1.29 is 0 Å². The van der Waals surface area contributed by atoms with Gasteiger partial charge in [0.25, 0.3) is 5.56 Å². The van der Waals surface area contributed by atoms with Gasteiger partial charge in [-0.05, 0) is 24.1 Å². The van der Waals surface area contributed by atoms with Gasteiger partial charge < -0.3 is 5.73 Å². The molecule has 0 bridgehead atoms. The van der Waals surface area contributed by atoms with Crippen LogP contribution in [-0.4, -0.2) is 9.97 Å². The minimum absolute atomic E-state index is 0.140. The lowest BCUT2D eigenvalue weighted by Crippen LogP contribution is -2.11. The van der Waals surface area contributed by atoms with Gasteiger partial charge in [0.2, 0.25) is 0 Å². The molecule has 5 heteroatoms. The zero-order valence-electron chi connectivity index (χ0n) is 9.43. The van der Waals surface area contributed by atoms with E-state index >= 15 is 0 Å². The van der Waals surface area contributed by atoms with Gasteiger partial charge in [-0.15, -0.1) is 0 Å². The van der Waals surface area contributed by atoms with Gasteiger partial charge >= 0.3 is 0 Å². The minimum atomic E-state index is -0.206. The van der Waals surface area contributed by atoms with Crippen molar-refractivity contribution in [3.05, 3.63) is 46.4 Å². The van der Waals surface area contributed by atoms with E-state index < -0.39 is 0 Å². The monoisotopic (exact) mass is 247 g/mol. The van der Waals surface area contributed by atoms with Crippen LogP contribution in [0.4, 0.5) is 5.95 Å². The second kappa shape index (κ2) is 5.05. The molecule has 0 saturated heterocycles. The number of H-pyrrole nitrogens is 1. The molecule has 0 radical (unpaired) electrons. The number of hydrogen-bond donors (Lipinski definition) is 2. The van der Waals surface area contributed by atoms with Crippen LogP contribution in [-0.2, 0) is 6.42 Å². The first-order valence-corrected chi connectivity index (χ1v) is 6.12. The molecule has 0 fully saturated rings. The molecule has 1 aromatic heterocycles. The molecule has 1 aromatic carbocycles. The molecular formula is C12H13N3OS. The number of anilines is 1. The van der Waals surface area contributed by atoms with Gasteiger partial charge in [0, 0.05) is 4.90 Å². The van der Waals surface area contributed by atoms with Crippen molar-refractivity contribution in [2.75, 3.05) is 5.73 Å². The molecule has 4 nitrogen and oxygen atoms in total. The summed E-state index contributed by atoms with van der Waals surface area (Å²) >= 11 is 1.38. The number of nitrogens with two attached hydrogens (primary N) is 1. The zero-order valence-corrected chi connectivity index (χ0v) is 10.3. The van der Waals surface area contributed by atoms with Crippen LogP contribution in [0.1, 0.15) is 12.5 Å². The van der Waals surface area contributed by atoms with Gasteiger partial charge in [-0.1, -0.05) is 30.8 Å². The second-order valence-corrected chi connectivity index (χ2v) is 4.68. The number of nitrogen functional groups attached to an aromatic ring is 1. The van der Waals surface area contributed by atoms with Crippen molar-refractivity contribution in [3.63, 3.8) is 0 Å². The zero-order chi connectivity index (χ0) is 12.3. The van der Waals surface area contributed by atoms with Crippen LogP contribution in [0.3, 0.4) is 0 Å². The summed E-state index contributed by atoms with van der Waals surface area (Å²) in [5.41, 5.74) is 6.45. The molecule has 0 amide bonds. The topological polar surface area (TPSA) is 71.8 Å². The smallest absolute Gasteiger partial charge is 0.266 e. The Kier molecular flexibility index (Phi) is 3.49. The van der Waals surface area contributed by atoms with Crippen molar-refractivity contribution in [1.29, 1.82) is 0 Å². The van der Waals surface area contributed by atoms with Crippen LogP contribution in [0.2, 0.25) is 0 Å². The highest BCUT2D eigenvalue weighted by molar-refractivity contribution is 7.99. The van der Waals surface area contributed by atoms with Crippen molar-refractivity contribution in [2.45, 2.75) is 23.1 Å². The maximum atomic E-state index is 11.6. The molecule has 0 aliphatic heterocycles. The van der Waals surface area contributed by atoms with Crippen LogP contribution in [0, 0.1) is 0 Å². The Labute approximate surface area is 103 Å². The first-order chi connectivity index (χ1) is 8.19. The summed E-state index contributed by atoms with van der Waals surface area (Å²) in [4.78, 5) is 19.5. The Morgan fingerprint density at radius 1 is 1.35 bits per heavy atom. The molecule has 2 aromatic rings. The van der Waals surface area contributed by atoms with E-state index in [1.54, 1.807) is 0 Å². The van der Waals surface area contributed by atoms with E-state index in [-0.39, 0.29) is 11.5 Å². The van der Waals surface area contributed by atoms with Crippen LogP contribution in [0.25, 0.3) is 0 Å². The summed E-state index contributed by atoms with van der Waals surface area (Å²) < 4.78 is 0. The molecular weight excluding hydrogens is 234 g/mol. The molecule has 0 spiro atoms. The quantitative estimate of drug-likeness (QED) is 0.871. The second-order valence-electron chi connectivity index (χ2n) is 3.56. The van der Waals surface area contributed by atoms with E-state index in [2.05, 4.69) is 29.0 Å². The van der Waals surface area contributed by atoms with Gasteiger partial charge in [-0.3, -0.25) is 9.78 Å². The van der Waals surface area contributed by atoms with Gasteiger partial charge in [-0.25, -0.2) is 4.98 Å². The van der Waals surface area contributed by atoms with Crippen molar-refractivity contribution in [2.24, 2.45) is 0 Å². The number of hydrogen-bond acceptors (Lipinski definition) is 4. The standard InChI is InChI=1S/C12H13N3OS/c1-2-8-3-5-9(6-4-8)17-10-7-14-12(13)15-11(10)16/h3-7H,2H2,1H3,(H3,13,14,15,16). The highest BCUT2D eigenvalue weighted by atomic mass is 32.2. The number of nitrogens with one attached hydrogen (secondary N) is 1. The third-order valence-electron chi connectivity index (χ3n) is 2.35. The third kappa shape index (κ3) is 2.88. The molecule has 17 heavy (non-hydrogen) atoms. The lowest BCUT2D eigenvalue weighted by Gasteiger charge is -2.02. The molecule has 0 unspecified atom stereocenters. The summed E-state index contributed by atoms with van der Waals surface area (Å²) in [6.07, 6.45) is 2.50. The predicted octanol–water partition coefficient (Wildman–Crippen LogP) is 2.07. The Morgan fingerprint density at radius 2 is 2.06 bits per heavy atom. The largest absolute Gasteiger partial charge is 0.369 e. The van der Waals surface area contributed by atoms with Crippen molar-refractivity contribution >= 4 is 17.7 Å². The van der Waals surface area contributed by atoms with Crippen LogP contribution in [0.5, 0.6) is 0 Å². The van der Waals surface area contributed by atoms with Crippen LogP contribution < -0.4 is 11.3 Å². The average Bonchev–Trinajstić information content (AvgIpc) is 2.34. The molecule has 3 N–H and O–H groups in total. The molecule has 0 aliphatic carbocycles. The Balaban J connectivity index is 2.22. The fourth-order valence-electron chi connectivity index (χ4n) is 1.39. The summed E-state index contributed by atoms with van der Waals surface area (Å²) in [5, 5.41) is 0. The van der Waals surface area contributed by atoms with Crippen molar-refractivity contribution in [1.82, 2.24) is 9.97 Å². The number of benzene rings is 1. The number of rotatable bonds is 3. The molecule has 1 heterocycles. The fraction of sp³-hybridized carbons (Fsp3) is 0.167. The summed E-state index contributed by atoms with van der Waals surface area (Å²) in [6.45, 7) is 2.11. The molecule has 88 valence electrons. The Morgan fingerprint density at radius 3 is 2.65 bits per heavy atom. The lowest BCUT2D eigenvalue weighted by molar-refractivity contribution is 1.05. The van der Waals surface area contributed by atoms with E-state index in [4.69, 9.17) is 5.73 Å². The predicted molar refractivity (Wildman–Crippen MR) is 69.2 cm³/mol.